The van der Waals surface area contributed by atoms with Gasteiger partial charge in [-0.3, -0.25) is 4.79 Å². The Morgan fingerprint density at radius 1 is 1.62 bits per heavy atom. The number of ether oxygens (including phenoxy) is 1. The van der Waals surface area contributed by atoms with E-state index in [1.165, 1.54) is 6.92 Å². The van der Waals surface area contributed by atoms with Gasteiger partial charge >= 0.3 is 5.97 Å². The van der Waals surface area contributed by atoms with Crippen LogP contribution in [0.1, 0.15) is 19.8 Å². The summed E-state index contributed by atoms with van der Waals surface area (Å²) in [6.07, 6.45) is 0.677. The molecule has 1 saturated heterocycles. The monoisotopic (exact) mass is 189 g/mol. The number of alkyl halides is 1. The molecular formula is C9H16FNO2. The molecule has 1 atom stereocenters. The minimum atomic E-state index is -0.994. The van der Waals surface area contributed by atoms with Gasteiger partial charge < -0.3 is 10.1 Å². The van der Waals surface area contributed by atoms with Crippen LogP contribution in [-0.2, 0) is 9.53 Å². The number of carbonyl (C=O) groups excluding carboxylic acids is 1. The second kappa shape index (κ2) is 5.17. The number of esters is 1. The van der Waals surface area contributed by atoms with E-state index in [4.69, 9.17) is 0 Å². The first-order valence-electron chi connectivity index (χ1n) is 4.68. The van der Waals surface area contributed by atoms with E-state index in [1.807, 2.05) is 0 Å². The molecule has 3 nitrogen and oxygen atoms in total. The molecule has 1 heterocycles. The zero-order chi connectivity index (χ0) is 9.68. The summed E-state index contributed by atoms with van der Waals surface area (Å²) < 4.78 is 18.0. The first-order valence-corrected chi connectivity index (χ1v) is 4.68. The van der Waals surface area contributed by atoms with Gasteiger partial charge in [-0.2, -0.15) is 0 Å². The predicted octanol–water partition coefficient (Wildman–Crippen LogP) is 0.887. The largest absolute Gasteiger partial charge is 0.463 e. The second-order valence-electron chi connectivity index (χ2n) is 3.41. The number of hydrogen-bond donors (Lipinski definition) is 1. The molecule has 0 aromatic carbocycles. The van der Waals surface area contributed by atoms with E-state index in [0.717, 1.165) is 25.9 Å². The molecule has 1 rings (SSSR count). The van der Waals surface area contributed by atoms with Crippen molar-refractivity contribution in [3.05, 3.63) is 0 Å². The smallest absolute Gasteiger partial charge is 0.302 e. The Balaban J connectivity index is 2.20. The van der Waals surface area contributed by atoms with Crippen LogP contribution in [0.15, 0.2) is 0 Å². The third-order valence-electron chi connectivity index (χ3n) is 2.34. The lowest BCUT2D eigenvalue weighted by Crippen LogP contribution is -2.34. The molecule has 0 spiro atoms. The van der Waals surface area contributed by atoms with Crippen LogP contribution in [-0.4, -0.2) is 31.8 Å². The van der Waals surface area contributed by atoms with Crippen LogP contribution in [0, 0.1) is 5.92 Å². The van der Waals surface area contributed by atoms with E-state index in [1.54, 1.807) is 0 Å². The second-order valence-corrected chi connectivity index (χ2v) is 3.41. The van der Waals surface area contributed by atoms with E-state index >= 15 is 0 Å². The third kappa shape index (κ3) is 3.72. The van der Waals surface area contributed by atoms with Crippen LogP contribution in [0.3, 0.4) is 0 Å². The van der Waals surface area contributed by atoms with Gasteiger partial charge in [-0.05, 0) is 31.8 Å². The van der Waals surface area contributed by atoms with E-state index in [-0.39, 0.29) is 12.5 Å². The van der Waals surface area contributed by atoms with Gasteiger partial charge in [-0.25, -0.2) is 4.39 Å². The molecule has 1 fully saturated rings. The van der Waals surface area contributed by atoms with Crippen LogP contribution >= 0.6 is 0 Å². The standard InChI is InChI=1S/C9H16FNO2/c1-7(12)13-6-9(10)8-2-4-11-5-3-8/h8-9,11H,2-6H2,1H3. The minimum Gasteiger partial charge on any atom is -0.463 e. The highest BCUT2D eigenvalue weighted by Crippen LogP contribution is 2.19. The summed E-state index contributed by atoms with van der Waals surface area (Å²) in [6.45, 7) is 2.95. The molecule has 0 radical (unpaired) electrons. The molecule has 13 heavy (non-hydrogen) atoms. The van der Waals surface area contributed by atoms with Crippen molar-refractivity contribution < 1.29 is 13.9 Å². The van der Waals surface area contributed by atoms with E-state index in [9.17, 15) is 9.18 Å². The molecule has 4 heteroatoms. The van der Waals surface area contributed by atoms with Gasteiger partial charge in [0.05, 0.1) is 0 Å². The van der Waals surface area contributed by atoms with E-state index in [0.29, 0.717) is 0 Å². The molecule has 1 N–H and O–H groups in total. The maximum absolute atomic E-state index is 13.3. The van der Waals surface area contributed by atoms with Crippen LogP contribution in [0.2, 0.25) is 0 Å². The fourth-order valence-corrected chi connectivity index (χ4v) is 1.54. The van der Waals surface area contributed by atoms with Crippen LogP contribution < -0.4 is 5.32 Å². The fraction of sp³-hybridized carbons (Fsp3) is 0.889. The van der Waals surface area contributed by atoms with Crippen molar-refractivity contribution in [1.82, 2.24) is 5.32 Å². The van der Waals surface area contributed by atoms with Crippen LogP contribution in [0.5, 0.6) is 0 Å². The highest BCUT2D eigenvalue weighted by atomic mass is 19.1. The third-order valence-corrected chi connectivity index (χ3v) is 2.34. The zero-order valence-electron chi connectivity index (χ0n) is 7.88. The SMILES string of the molecule is CC(=O)OCC(F)C1CCNCC1. The molecule has 0 amide bonds. The van der Waals surface area contributed by atoms with Crippen molar-refractivity contribution in [3.8, 4) is 0 Å². The van der Waals surface area contributed by atoms with Crippen molar-refractivity contribution in [2.24, 2.45) is 5.92 Å². The highest BCUT2D eigenvalue weighted by molar-refractivity contribution is 5.65. The average molecular weight is 189 g/mol. The molecule has 0 aliphatic carbocycles. The molecule has 1 aliphatic heterocycles. The molecule has 0 bridgehead atoms. The average Bonchev–Trinajstić information content (AvgIpc) is 2.15. The van der Waals surface area contributed by atoms with Crippen LogP contribution in [0.25, 0.3) is 0 Å². The van der Waals surface area contributed by atoms with Crippen LogP contribution in [0.4, 0.5) is 4.39 Å². The summed E-state index contributed by atoms with van der Waals surface area (Å²) in [6, 6.07) is 0. The Kier molecular flexibility index (Phi) is 4.15. The zero-order valence-corrected chi connectivity index (χ0v) is 7.88. The molecule has 0 saturated carbocycles. The van der Waals surface area contributed by atoms with E-state index < -0.39 is 12.1 Å². The minimum absolute atomic E-state index is 0.0561. The maximum atomic E-state index is 13.3. The van der Waals surface area contributed by atoms with Crippen molar-refractivity contribution in [3.63, 3.8) is 0 Å². The number of piperidine rings is 1. The summed E-state index contributed by atoms with van der Waals surface area (Å²) in [5.74, 6) is -0.350. The van der Waals surface area contributed by atoms with Gasteiger partial charge in [-0.1, -0.05) is 0 Å². The van der Waals surface area contributed by atoms with Crippen molar-refractivity contribution in [2.75, 3.05) is 19.7 Å². The Labute approximate surface area is 77.6 Å². The molecule has 0 aromatic heterocycles. The van der Waals surface area contributed by atoms with Gasteiger partial charge in [-0.15, -0.1) is 0 Å². The summed E-state index contributed by atoms with van der Waals surface area (Å²) in [5.41, 5.74) is 0. The van der Waals surface area contributed by atoms with Crippen molar-refractivity contribution in [1.29, 1.82) is 0 Å². The molecule has 1 unspecified atom stereocenters. The Morgan fingerprint density at radius 3 is 2.77 bits per heavy atom. The number of nitrogens with one attached hydrogen (secondary N) is 1. The summed E-state index contributed by atoms with van der Waals surface area (Å²) in [5, 5.41) is 3.16. The van der Waals surface area contributed by atoms with Gasteiger partial charge in [0.2, 0.25) is 0 Å². The number of hydrogen-bond acceptors (Lipinski definition) is 3. The van der Waals surface area contributed by atoms with Gasteiger partial charge in [0.1, 0.15) is 12.8 Å². The Bertz CT molecular complexity index is 169. The maximum Gasteiger partial charge on any atom is 0.302 e. The topological polar surface area (TPSA) is 38.3 Å². The van der Waals surface area contributed by atoms with Crippen molar-refractivity contribution >= 4 is 5.97 Å². The number of carbonyl (C=O) groups is 1. The normalized spacial score (nSPS) is 21.1. The van der Waals surface area contributed by atoms with E-state index in [2.05, 4.69) is 10.1 Å². The quantitative estimate of drug-likeness (QED) is 0.670. The summed E-state index contributed by atoms with van der Waals surface area (Å²) in [7, 11) is 0. The molecule has 76 valence electrons. The highest BCUT2D eigenvalue weighted by Gasteiger charge is 2.23. The van der Waals surface area contributed by atoms with Gasteiger partial charge in [0.25, 0.3) is 0 Å². The lowest BCUT2D eigenvalue weighted by molar-refractivity contribution is -0.143. The van der Waals surface area contributed by atoms with Crippen molar-refractivity contribution in [2.45, 2.75) is 25.9 Å². The summed E-state index contributed by atoms with van der Waals surface area (Å²) in [4.78, 5) is 10.4. The number of halogens is 1. The van der Waals surface area contributed by atoms with Gasteiger partial charge in [0, 0.05) is 6.92 Å². The predicted molar refractivity (Wildman–Crippen MR) is 47.1 cm³/mol. The fourth-order valence-electron chi connectivity index (χ4n) is 1.54. The first-order chi connectivity index (χ1) is 6.20. The Hall–Kier alpha value is -0.640. The lowest BCUT2D eigenvalue weighted by Gasteiger charge is -2.25. The first kappa shape index (κ1) is 10.4. The lowest BCUT2D eigenvalue weighted by atomic mass is 9.93. The van der Waals surface area contributed by atoms with Gasteiger partial charge in [0.15, 0.2) is 0 Å². The number of rotatable bonds is 3. The Morgan fingerprint density at radius 2 is 2.23 bits per heavy atom. The molecule has 0 aromatic rings. The summed E-state index contributed by atoms with van der Waals surface area (Å²) >= 11 is 0. The molecule has 1 aliphatic rings. The molecular weight excluding hydrogens is 173 g/mol.